The number of carbonyl (C=O) groups excluding carboxylic acids is 2. The highest BCUT2D eigenvalue weighted by molar-refractivity contribution is 5.98. The van der Waals surface area contributed by atoms with E-state index in [-0.39, 0.29) is 5.91 Å². The van der Waals surface area contributed by atoms with Crippen LogP contribution in [0.25, 0.3) is 0 Å². The topological polar surface area (TPSA) is 58.2 Å². The van der Waals surface area contributed by atoms with Crippen LogP contribution in [0.5, 0.6) is 0 Å². The third kappa shape index (κ3) is 2.47. The first kappa shape index (κ1) is 12.5. The van der Waals surface area contributed by atoms with Crippen LogP contribution in [0.4, 0.5) is 8.78 Å². The average Bonchev–Trinajstić information content (AvgIpc) is 2.32. The Bertz CT molecular complexity index is 471. The van der Waals surface area contributed by atoms with Crippen LogP contribution in [0.2, 0.25) is 0 Å². The molecule has 1 aromatic carbocycles. The minimum atomic E-state index is -0.941. The number of piperidine rings is 1. The highest BCUT2D eigenvalue weighted by atomic mass is 19.1. The van der Waals surface area contributed by atoms with Crippen molar-refractivity contribution in [3.63, 3.8) is 0 Å². The average molecular weight is 254 g/mol. The summed E-state index contributed by atoms with van der Waals surface area (Å²) in [6.07, 6.45) is 1.18. The molecule has 4 nitrogen and oxygen atoms in total. The van der Waals surface area contributed by atoms with Crippen LogP contribution < -0.4 is 10.6 Å². The molecule has 2 amide bonds. The quantitative estimate of drug-likeness (QED) is 0.826. The van der Waals surface area contributed by atoms with Gasteiger partial charge in [-0.15, -0.1) is 0 Å². The van der Waals surface area contributed by atoms with E-state index in [1.807, 2.05) is 0 Å². The predicted octanol–water partition coefficient (Wildman–Crippen LogP) is 0.973. The molecule has 96 valence electrons. The second-order valence-corrected chi connectivity index (χ2v) is 4.06. The third-order valence-corrected chi connectivity index (χ3v) is 2.78. The van der Waals surface area contributed by atoms with Gasteiger partial charge in [-0.05, 0) is 25.0 Å². The highest BCUT2D eigenvalue weighted by Crippen LogP contribution is 2.13. The van der Waals surface area contributed by atoms with Crippen LogP contribution in [0, 0.1) is 11.6 Å². The predicted molar refractivity (Wildman–Crippen MR) is 59.9 cm³/mol. The van der Waals surface area contributed by atoms with E-state index in [9.17, 15) is 18.4 Å². The van der Waals surface area contributed by atoms with Gasteiger partial charge in [-0.3, -0.25) is 9.59 Å². The van der Waals surface area contributed by atoms with Gasteiger partial charge in [-0.25, -0.2) is 8.78 Å². The molecule has 1 aliphatic rings. The van der Waals surface area contributed by atoms with Gasteiger partial charge < -0.3 is 10.6 Å². The number of rotatable bonds is 2. The van der Waals surface area contributed by atoms with Crippen molar-refractivity contribution in [3.05, 3.63) is 35.4 Å². The molecule has 0 radical (unpaired) electrons. The van der Waals surface area contributed by atoms with Crippen LogP contribution in [-0.4, -0.2) is 24.4 Å². The number of benzene rings is 1. The number of hydrogen-bond donors (Lipinski definition) is 2. The number of hydrogen-bond acceptors (Lipinski definition) is 2. The van der Waals surface area contributed by atoms with Crippen LogP contribution in [0.1, 0.15) is 23.2 Å². The Kier molecular flexibility index (Phi) is 3.55. The Morgan fingerprint density at radius 2 is 2.00 bits per heavy atom. The molecule has 0 bridgehead atoms. The van der Waals surface area contributed by atoms with Crippen LogP contribution in [0.15, 0.2) is 18.2 Å². The van der Waals surface area contributed by atoms with Crippen molar-refractivity contribution < 1.29 is 18.4 Å². The Morgan fingerprint density at radius 3 is 2.61 bits per heavy atom. The zero-order valence-corrected chi connectivity index (χ0v) is 9.50. The maximum absolute atomic E-state index is 13.4. The summed E-state index contributed by atoms with van der Waals surface area (Å²) in [6, 6.07) is 2.44. The summed E-state index contributed by atoms with van der Waals surface area (Å²) >= 11 is 0. The van der Waals surface area contributed by atoms with E-state index in [1.165, 1.54) is 6.07 Å². The van der Waals surface area contributed by atoms with Gasteiger partial charge in [0.1, 0.15) is 23.2 Å². The lowest BCUT2D eigenvalue weighted by Gasteiger charge is -2.22. The van der Waals surface area contributed by atoms with Gasteiger partial charge in [0.2, 0.25) is 5.91 Å². The van der Waals surface area contributed by atoms with Gasteiger partial charge in [0, 0.05) is 6.54 Å². The lowest BCUT2D eigenvalue weighted by Crippen LogP contribution is -2.50. The lowest BCUT2D eigenvalue weighted by molar-refractivity contribution is -0.124. The molecule has 18 heavy (non-hydrogen) atoms. The van der Waals surface area contributed by atoms with E-state index in [4.69, 9.17) is 0 Å². The summed E-state index contributed by atoms with van der Waals surface area (Å²) in [4.78, 5) is 23.1. The van der Waals surface area contributed by atoms with Crippen molar-refractivity contribution >= 4 is 11.8 Å². The molecule has 1 aromatic rings. The highest BCUT2D eigenvalue weighted by Gasteiger charge is 2.26. The largest absolute Gasteiger partial charge is 0.354 e. The van der Waals surface area contributed by atoms with Gasteiger partial charge in [0.05, 0.1) is 0 Å². The summed E-state index contributed by atoms with van der Waals surface area (Å²) in [5.41, 5.74) is -0.657. The lowest BCUT2D eigenvalue weighted by atomic mass is 10.1. The van der Waals surface area contributed by atoms with E-state index >= 15 is 0 Å². The fraction of sp³-hybridized carbons (Fsp3) is 0.333. The molecule has 0 aliphatic carbocycles. The molecule has 1 aliphatic heterocycles. The number of amides is 2. The van der Waals surface area contributed by atoms with E-state index in [2.05, 4.69) is 10.6 Å². The molecule has 0 unspecified atom stereocenters. The first-order chi connectivity index (χ1) is 8.59. The smallest absolute Gasteiger partial charge is 0.257 e. The standard InChI is InChI=1S/C12H12F2N2O2/c13-7-3-1-4-8(14)10(7)12(18)16-9-5-2-6-15-11(9)17/h1,3-4,9H,2,5-6H2,(H,15,17)(H,16,18)/t9-/m0/s1. The van der Waals surface area contributed by atoms with Gasteiger partial charge in [0.15, 0.2) is 0 Å². The van der Waals surface area contributed by atoms with Gasteiger partial charge >= 0.3 is 0 Å². The van der Waals surface area contributed by atoms with Gasteiger partial charge in [0.25, 0.3) is 5.91 Å². The van der Waals surface area contributed by atoms with Crippen LogP contribution >= 0.6 is 0 Å². The fourth-order valence-electron chi connectivity index (χ4n) is 1.85. The first-order valence-corrected chi connectivity index (χ1v) is 5.62. The summed E-state index contributed by atoms with van der Waals surface area (Å²) in [7, 11) is 0. The normalized spacial score (nSPS) is 19.2. The Labute approximate surface area is 102 Å². The second kappa shape index (κ2) is 5.12. The molecule has 1 saturated heterocycles. The van der Waals surface area contributed by atoms with Crippen molar-refractivity contribution in [2.24, 2.45) is 0 Å². The van der Waals surface area contributed by atoms with Crippen molar-refractivity contribution in [2.45, 2.75) is 18.9 Å². The molecular formula is C12H12F2N2O2. The fourth-order valence-corrected chi connectivity index (χ4v) is 1.85. The van der Waals surface area contributed by atoms with Gasteiger partial charge in [-0.1, -0.05) is 6.07 Å². The zero-order valence-electron chi connectivity index (χ0n) is 9.50. The molecule has 1 atom stereocenters. The SMILES string of the molecule is O=C(N[C@H]1CCCNC1=O)c1c(F)cccc1F. The third-order valence-electron chi connectivity index (χ3n) is 2.78. The molecule has 2 N–H and O–H groups in total. The molecule has 1 fully saturated rings. The molecule has 0 aromatic heterocycles. The van der Waals surface area contributed by atoms with E-state index in [1.54, 1.807) is 0 Å². The zero-order chi connectivity index (χ0) is 13.1. The maximum Gasteiger partial charge on any atom is 0.257 e. The minimum absolute atomic E-state index is 0.327. The molecule has 0 spiro atoms. The summed E-state index contributed by atoms with van der Waals surface area (Å²) in [5, 5.41) is 4.91. The van der Waals surface area contributed by atoms with E-state index in [0.717, 1.165) is 18.6 Å². The monoisotopic (exact) mass is 254 g/mol. The minimum Gasteiger partial charge on any atom is -0.354 e. The van der Waals surface area contributed by atoms with Gasteiger partial charge in [-0.2, -0.15) is 0 Å². The summed E-state index contributed by atoms with van der Waals surface area (Å²) < 4.78 is 26.7. The van der Waals surface area contributed by atoms with Crippen LogP contribution in [0.3, 0.4) is 0 Å². The Balaban J connectivity index is 2.14. The molecule has 6 heteroatoms. The number of halogens is 2. The van der Waals surface area contributed by atoms with Crippen molar-refractivity contribution in [3.8, 4) is 0 Å². The molecule has 2 rings (SSSR count). The second-order valence-electron chi connectivity index (χ2n) is 4.06. The maximum atomic E-state index is 13.4. The number of carbonyl (C=O) groups is 2. The molecule has 1 heterocycles. The van der Waals surface area contributed by atoms with Crippen molar-refractivity contribution in [2.75, 3.05) is 6.54 Å². The Hall–Kier alpha value is -1.98. The van der Waals surface area contributed by atoms with Crippen molar-refractivity contribution in [1.82, 2.24) is 10.6 Å². The van der Waals surface area contributed by atoms with Crippen LogP contribution in [-0.2, 0) is 4.79 Å². The summed E-state index contributed by atoms with van der Waals surface area (Å²) in [5.74, 6) is -3.12. The number of nitrogens with one attached hydrogen (secondary N) is 2. The Morgan fingerprint density at radius 1 is 1.33 bits per heavy atom. The van der Waals surface area contributed by atoms with E-state index < -0.39 is 29.1 Å². The molecule has 0 saturated carbocycles. The van der Waals surface area contributed by atoms with E-state index in [0.29, 0.717) is 13.0 Å². The summed E-state index contributed by atoms with van der Waals surface area (Å²) in [6.45, 7) is 0.555. The first-order valence-electron chi connectivity index (χ1n) is 5.62. The molecular weight excluding hydrogens is 242 g/mol. The van der Waals surface area contributed by atoms with Crippen molar-refractivity contribution in [1.29, 1.82) is 0 Å².